The van der Waals surface area contributed by atoms with Crippen LogP contribution >= 0.6 is 11.6 Å². The van der Waals surface area contributed by atoms with Gasteiger partial charge in [-0.3, -0.25) is 0 Å². The monoisotopic (exact) mass is 297 g/mol. The second-order valence-corrected chi connectivity index (χ2v) is 6.30. The number of nitrogens with zero attached hydrogens (tertiary/aromatic N) is 2. The summed E-state index contributed by atoms with van der Waals surface area (Å²) in [6.07, 6.45) is 1.15. The maximum atomic E-state index is 6.37. The summed E-state index contributed by atoms with van der Waals surface area (Å²) in [6.45, 7) is 7.25. The second kappa shape index (κ2) is 8.50. The van der Waals surface area contributed by atoms with Gasteiger partial charge >= 0.3 is 0 Å². The molecule has 0 saturated carbocycles. The Hall–Kier alpha value is -0.770. The van der Waals surface area contributed by atoms with Gasteiger partial charge in [0.05, 0.1) is 0 Å². The normalized spacial score (nSPS) is 11.4. The van der Waals surface area contributed by atoms with Crippen molar-refractivity contribution in [2.45, 2.75) is 32.9 Å². The number of nitrogens with one attached hydrogen (secondary N) is 1. The molecular weight excluding hydrogens is 270 g/mol. The van der Waals surface area contributed by atoms with Crippen molar-refractivity contribution in [3.05, 3.63) is 28.8 Å². The van der Waals surface area contributed by atoms with Crippen molar-refractivity contribution in [1.29, 1.82) is 0 Å². The van der Waals surface area contributed by atoms with Crippen molar-refractivity contribution in [2.24, 2.45) is 0 Å². The second-order valence-electron chi connectivity index (χ2n) is 5.89. The summed E-state index contributed by atoms with van der Waals surface area (Å²) in [5, 5.41) is 4.24. The zero-order valence-corrected chi connectivity index (χ0v) is 14.2. The highest BCUT2D eigenvalue weighted by atomic mass is 35.5. The number of hydrogen-bond donors (Lipinski definition) is 1. The van der Waals surface area contributed by atoms with Crippen molar-refractivity contribution in [2.75, 3.05) is 39.1 Å². The Balaban J connectivity index is 2.57. The molecule has 1 aromatic carbocycles. The molecule has 1 rings (SSSR count). The molecule has 0 bridgehead atoms. The van der Waals surface area contributed by atoms with Crippen LogP contribution in [0.5, 0.6) is 0 Å². The molecule has 4 heteroatoms. The molecule has 1 aromatic rings. The summed E-state index contributed by atoms with van der Waals surface area (Å²) in [5.41, 5.74) is 2.34. The van der Waals surface area contributed by atoms with Crippen molar-refractivity contribution in [3.63, 3.8) is 0 Å². The zero-order chi connectivity index (χ0) is 15.1. The van der Waals surface area contributed by atoms with Crippen molar-refractivity contribution in [3.8, 4) is 0 Å². The van der Waals surface area contributed by atoms with E-state index >= 15 is 0 Å². The molecule has 0 heterocycles. The molecule has 0 aliphatic heterocycles. The third-order valence-corrected chi connectivity index (χ3v) is 3.63. The summed E-state index contributed by atoms with van der Waals surface area (Å²) in [5.74, 6) is 0. The number of rotatable bonds is 8. The molecule has 0 aromatic heterocycles. The average molecular weight is 298 g/mol. The highest BCUT2D eigenvalue weighted by Crippen LogP contribution is 2.23. The van der Waals surface area contributed by atoms with Crippen LogP contribution in [0.4, 0.5) is 5.69 Å². The van der Waals surface area contributed by atoms with E-state index in [2.05, 4.69) is 68.3 Å². The minimum absolute atomic E-state index is 0.472. The molecule has 0 aliphatic carbocycles. The summed E-state index contributed by atoms with van der Waals surface area (Å²) < 4.78 is 0. The first-order chi connectivity index (χ1) is 9.40. The molecule has 0 atom stereocenters. The Morgan fingerprint density at radius 1 is 1.15 bits per heavy atom. The number of benzene rings is 1. The highest BCUT2D eigenvalue weighted by Gasteiger charge is 2.06. The molecule has 0 fully saturated rings. The number of anilines is 1. The lowest BCUT2D eigenvalue weighted by atomic mass is 10.2. The minimum atomic E-state index is 0.472. The van der Waals surface area contributed by atoms with Crippen LogP contribution in [-0.4, -0.2) is 45.2 Å². The minimum Gasteiger partial charge on any atom is -0.375 e. The maximum Gasteiger partial charge on any atom is 0.0471 e. The van der Waals surface area contributed by atoms with Crippen LogP contribution in [0.25, 0.3) is 0 Å². The van der Waals surface area contributed by atoms with E-state index in [0.29, 0.717) is 6.04 Å². The van der Waals surface area contributed by atoms with Crippen LogP contribution in [0.15, 0.2) is 18.2 Å². The summed E-state index contributed by atoms with van der Waals surface area (Å²) in [6, 6.07) is 6.81. The van der Waals surface area contributed by atoms with Gasteiger partial charge in [0, 0.05) is 36.9 Å². The fourth-order valence-corrected chi connectivity index (χ4v) is 2.23. The van der Waals surface area contributed by atoms with Crippen LogP contribution in [0.3, 0.4) is 0 Å². The van der Waals surface area contributed by atoms with Gasteiger partial charge < -0.3 is 15.1 Å². The molecule has 0 aliphatic rings. The lowest BCUT2D eigenvalue weighted by Gasteiger charge is -2.21. The van der Waals surface area contributed by atoms with Gasteiger partial charge in [-0.15, -0.1) is 0 Å². The van der Waals surface area contributed by atoms with Gasteiger partial charge in [0.25, 0.3) is 0 Å². The molecule has 0 radical (unpaired) electrons. The van der Waals surface area contributed by atoms with Gasteiger partial charge in [-0.05, 0) is 44.8 Å². The van der Waals surface area contributed by atoms with E-state index in [-0.39, 0.29) is 0 Å². The van der Waals surface area contributed by atoms with E-state index in [1.807, 2.05) is 0 Å². The van der Waals surface area contributed by atoms with E-state index in [0.717, 1.165) is 36.6 Å². The molecular formula is C16H28ClN3. The molecule has 3 nitrogen and oxygen atoms in total. The summed E-state index contributed by atoms with van der Waals surface area (Å²) >= 11 is 6.37. The maximum absolute atomic E-state index is 6.37. The van der Waals surface area contributed by atoms with Crippen LogP contribution in [-0.2, 0) is 6.54 Å². The van der Waals surface area contributed by atoms with E-state index in [9.17, 15) is 0 Å². The van der Waals surface area contributed by atoms with Crippen molar-refractivity contribution < 1.29 is 0 Å². The van der Waals surface area contributed by atoms with Crippen molar-refractivity contribution >= 4 is 17.3 Å². The van der Waals surface area contributed by atoms with Gasteiger partial charge in [0.15, 0.2) is 0 Å². The number of halogens is 1. The molecule has 1 N–H and O–H groups in total. The molecule has 20 heavy (non-hydrogen) atoms. The molecule has 114 valence electrons. The van der Waals surface area contributed by atoms with Gasteiger partial charge in [0.2, 0.25) is 0 Å². The van der Waals surface area contributed by atoms with Crippen LogP contribution < -0.4 is 10.2 Å². The van der Waals surface area contributed by atoms with Crippen LogP contribution in [0, 0.1) is 0 Å². The van der Waals surface area contributed by atoms with Crippen LogP contribution in [0.1, 0.15) is 25.8 Å². The van der Waals surface area contributed by atoms with Gasteiger partial charge in [-0.1, -0.05) is 31.5 Å². The topological polar surface area (TPSA) is 18.5 Å². The van der Waals surface area contributed by atoms with E-state index < -0.39 is 0 Å². The van der Waals surface area contributed by atoms with Gasteiger partial charge in [-0.25, -0.2) is 0 Å². The lowest BCUT2D eigenvalue weighted by Crippen LogP contribution is -2.24. The highest BCUT2D eigenvalue weighted by molar-refractivity contribution is 6.31. The Morgan fingerprint density at radius 3 is 2.40 bits per heavy atom. The average Bonchev–Trinajstić information content (AvgIpc) is 2.36. The molecule has 0 saturated heterocycles. The quantitative estimate of drug-likeness (QED) is 0.795. The van der Waals surface area contributed by atoms with E-state index in [1.54, 1.807) is 0 Å². The first-order valence-electron chi connectivity index (χ1n) is 7.28. The number of hydrogen-bond acceptors (Lipinski definition) is 3. The predicted molar refractivity (Wildman–Crippen MR) is 89.9 cm³/mol. The molecule has 0 unspecified atom stereocenters. The van der Waals surface area contributed by atoms with Gasteiger partial charge in [0.1, 0.15) is 0 Å². The Morgan fingerprint density at radius 2 is 1.85 bits per heavy atom. The Bertz CT molecular complexity index is 405. The first-order valence-corrected chi connectivity index (χ1v) is 7.65. The standard InChI is InChI=1S/C16H28ClN3/c1-13(2)18-12-14-7-8-15(11-16(14)17)20(5)10-6-9-19(3)4/h7-8,11,13,18H,6,9-10,12H2,1-5H3. The van der Waals surface area contributed by atoms with Crippen LogP contribution in [0.2, 0.25) is 5.02 Å². The first kappa shape index (κ1) is 17.3. The largest absolute Gasteiger partial charge is 0.375 e. The fourth-order valence-electron chi connectivity index (χ4n) is 1.98. The summed E-state index contributed by atoms with van der Waals surface area (Å²) in [7, 11) is 6.33. The molecule has 0 spiro atoms. The smallest absolute Gasteiger partial charge is 0.0471 e. The Labute approximate surface area is 128 Å². The van der Waals surface area contributed by atoms with E-state index in [1.165, 1.54) is 5.69 Å². The fraction of sp³-hybridized carbons (Fsp3) is 0.625. The van der Waals surface area contributed by atoms with Gasteiger partial charge in [-0.2, -0.15) is 0 Å². The predicted octanol–water partition coefficient (Wildman–Crippen LogP) is 3.23. The summed E-state index contributed by atoms with van der Waals surface area (Å²) in [4.78, 5) is 4.47. The van der Waals surface area contributed by atoms with E-state index in [4.69, 9.17) is 11.6 Å². The zero-order valence-electron chi connectivity index (χ0n) is 13.4. The SMILES string of the molecule is CC(C)NCc1ccc(N(C)CCCN(C)C)cc1Cl. The third kappa shape index (κ3) is 6.12. The third-order valence-electron chi connectivity index (χ3n) is 3.28. The Kier molecular flexibility index (Phi) is 7.35. The lowest BCUT2D eigenvalue weighted by molar-refractivity contribution is 0.401. The van der Waals surface area contributed by atoms with Crippen molar-refractivity contribution in [1.82, 2.24) is 10.2 Å². The molecule has 0 amide bonds.